The highest BCUT2D eigenvalue weighted by atomic mass is 16.3. The van der Waals surface area contributed by atoms with E-state index in [4.69, 9.17) is 0 Å². The van der Waals surface area contributed by atoms with E-state index in [-0.39, 0.29) is 11.7 Å². The Morgan fingerprint density at radius 3 is 2.21 bits per heavy atom. The number of Topliss-reactive ketones (excluding diaryl/α,β-unsaturated/α-hetero) is 1. The van der Waals surface area contributed by atoms with Crippen LogP contribution >= 0.6 is 0 Å². The molecule has 2 heteroatoms. The Morgan fingerprint density at radius 1 is 1.21 bits per heavy atom. The summed E-state index contributed by atoms with van der Waals surface area (Å²) in [5.41, 5.74) is 0. The maximum atomic E-state index is 11.3. The molecule has 2 nitrogen and oxygen atoms in total. The van der Waals surface area contributed by atoms with Crippen molar-refractivity contribution in [1.82, 2.24) is 0 Å². The van der Waals surface area contributed by atoms with Crippen LogP contribution in [-0.4, -0.2) is 17.0 Å². The molecule has 14 heavy (non-hydrogen) atoms. The Labute approximate surface area is 87.7 Å². The number of carbonyl (C=O) groups is 1. The number of hydrogen-bond donors (Lipinski definition) is 1. The van der Waals surface area contributed by atoms with Crippen molar-refractivity contribution < 1.29 is 9.90 Å². The highest BCUT2D eigenvalue weighted by Gasteiger charge is 2.14. The van der Waals surface area contributed by atoms with Gasteiger partial charge in [0.2, 0.25) is 0 Å². The predicted molar refractivity (Wildman–Crippen MR) is 59.2 cm³/mol. The molecule has 84 valence electrons. The Morgan fingerprint density at radius 2 is 1.79 bits per heavy atom. The molecule has 0 saturated carbocycles. The summed E-state index contributed by atoms with van der Waals surface area (Å²) in [7, 11) is 0. The molecule has 0 rings (SSSR count). The van der Waals surface area contributed by atoms with Gasteiger partial charge >= 0.3 is 0 Å². The SMILES string of the molecule is CC[C@H](C)CCC(O)CC(=O)C(C)C. The topological polar surface area (TPSA) is 37.3 Å². The van der Waals surface area contributed by atoms with Gasteiger partial charge < -0.3 is 5.11 Å². The first kappa shape index (κ1) is 13.6. The molecular weight excluding hydrogens is 176 g/mol. The number of ketones is 1. The largest absolute Gasteiger partial charge is 0.393 e. The summed E-state index contributed by atoms with van der Waals surface area (Å²) >= 11 is 0. The molecule has 0 aromatic heterocycles. The first-order valence-corrected chi connectivity index (χ1v) is 5.68. The fourth-order valence-electron chi connectivity index (χ4n) is 1.25. The van der Waals surface area contributed by atoms with E-state index in [1.54, 1.807) is 0 Å². The third-order valence-corrected chi connectivity index (χ3v) is 2.77. The van der Waals surface area contributed by atoms with E-state index in [2.05, 4.69) is 13.8 Å². The van der Waals surface area contributed by atoms with Crippen LogP contribution in [0.3, 0.4) is 0 Å². The van der Waals surface area contributed by atoms with Crippen LogP contribution in [-0.2, 0) is 4.79 Å². The molecule has 0 aromatic rings. The molecule has 2 atom stereocenters. The molecule has 1 unspecified atom stereocenters. The normalized spacial score (nSPS) is 15.6. The number of rotatable bonds is 7. The first-order valence-electron chi connectivity index (χ1n) is 5.68. The lowest BCUT2D eigenvalue weighted by Crippen LogP contribution is -2.17. The lowest BCUT2D eigenvalue weighted by molar-refractivity contribution is -0.123. The van der Waals surface area contributed by atoms with Gasteiger partial charge in [0.25, 0.3) is 0 Å². The van der Waals surface area contributed by atoms with E-state index in [0.717, 1.165) is 19.3 Å². The summed E-state index contributed by atoms with van der Waals surface area (Å²) in [6, 6.07) is 0. The minimum atomic E-state index is -0.432. The second kappa shape index (κ2) is 6.99. The second-order valence-corrected chi connectivity index (χ2v) is 4.57. The second-order valence-electron chi connectivity index (χ2n) is 4.57. The fraction of sp³-hybridized carbons (Fsp3) is 0.917. The van der Waals surface area contributed by atoms with Gasteiger partial charge in [0.1, 0.15) is 5.78 Å². The van der Waals surface area contributed by atoms with Crippen LogP contribution in [0.2, 0.25) is 0 Å². The Hall–Kier alpha value is -0.370. The first-order chi connectivity index (χ1) is 6.47. The van der Waals surface area contributed by atoms with Crippen molar-refractivity contribution in [3.8, 4) is 0 Å². The minimum Gasteiger partial charge on any atom is -0.393 e. The summed E-state index contributed by atoms with van der Waals surface area (Å²) in [6.07, 6.45) is 2.81. The Bertz CT molecular complexity index is 164. The highest BCUT2D eigenvalue weighted by Crippen LogP contribution is 2.14. The van der Waals surface area contributed by atoms with Crippen LogP contribution in [0.25, 0.3) is 0 Å². The molecule has 0 aliphatic heterocycles. The van der Waals surface area contributed by atoms with Crippen LogP contribution in [0.4, 0.5) is 0 Å². The lowest BCUT2D eigenvalue weighted by atomic mass is 9.96. The van der Waals surface area contributed by atoms with Crippen LogP contribution in [0.5, 0.6) is 0 Å². The molecule has 0 bridgehead atoms. The van der Waals surface area contributed by atoms with Gasteiger partial charge in [0, 0.05) is 12.3 Å². The summed E-state index contributed by atoms with van der Waals surface area (Å²) in [6.45, 7) is 8.08. The monoisotopic (exact) mass is 200 g/mol. The number of aliphatic hydroxyl groups excluding tert-OH is 1. The minimum absolute atomic E-state index is 0.0493. The summed E-state index contributed by atoms with van der Waals surface area (Å²) in [5.74, 6) is 0.869. The van der Waals surface area contributed by atoms with Crippen molar-refractivity contribution >= 4 is 5.78 Å². The van der Waals surface area contributed by atoms with Gasteiger partial charge in [-0.1, -0.05) is 34.1 Å². The molecule has 0 heterocycles. The number of carbonyl (C=O) groups excluding carboxylic acids is 1. The zero-order valence-corrected chi connectivity index (χ0v) is 9.92. The highest BCUT2D eigenvalue weighted by molar-refractivity contribution is 5.80. The molecule has 0 aromatic carbocycles. The van der Waals surface area contributed by atoms with Gasteiger partial charge in [0.05, 0.1) is 6.10 Å². The number of aliphatic hydroxyl groups is 1. The average Bonchev–Trinajstić information content (AvgIpc) is 2.13. The van der Waals surface area contributed by atoms with Crippen molar-refractivity contribution in [3.05, 3.63) is 0 Å². The zero-order chi connectivity index (χ0) is 11.1. The Kier molecular flexibility index (Phi) is 6.81. The van der Waals surface area contributed by atoms with Crippen molar-refractivity contribution in [3.63, 3.8) is 0 Å². The van der Waals surface area contributed by atoms with E-state index >= 15 is 0 Å². The van der Waals surface area contributed by atoms with E-state index in [0.29, 0.717) is 12.3 Å². The molecule has 0 saturated heterocycles. The van der Waals surface area contributed by atoms with E-state index in [9.17, 15) is 9.90 Å². The quantitative estimate of drug-likeness (QED) is 0.686. The van der Waals surface area contributed by atoms with E-state index in [1.165, 1.54) is 0 Å². The van der Waals surface area contributed by atoms with Crippen molar-refractivity contribution in [1.29, 1.82) is 0 Å². The van der Waals surface area contributed by atoms with Crippen molar-refractivity contribution in [2.45, 2.75) is 59.5 Å². The zero-order valence-electron chi connectivity index (χ0n) is 9.92. The molecular formula is C12H24O2. The fourth-order valence-corrected chi connectivity index (χ4v) is 1.25. The predicted octanol–water partition coefficient (Wildman–Crippen LogP) is 2.79. The molecule has 0 fully saturated rings. The maximum Gasteiger partial charge on any atom is 0.137 e. The van der Waals surface area contributed by atoms with Gasteiger partial charge in [-0.05, 0) is 18.8 Å². The lowest BCUT2D eigenvalue weighted by Gasteiger charge is -2.13. The third-order valence-electron chi connectivity index (χ3n) is 2.77. The maximum absolute atomic E-state index is 11.3. The Balaban J connectivity index is 3.65. The van der Waals surface area contributed by atoms with Crippen LogP contribution in [0.1, 0.15) is 53.4 Å². The van der Waals surface area contributed by atoms with E-state index in [1.807, 2.05) is 13.8 Å². The molecule has 0 aliphatic rings. The van der Waals surface area contributed by atoms with Gasteiger partial charge in [-0.15, -0.1) is 0 Å². The smallest absolute Gasteiger partial charge is 0.137 e. The summed E-state index contributed by atoms with van der Waals surface area (Å²) in [5, 5.41) is 9.59. The standard InChI is InChI=1S/C12H24O2/c1-5-10(4)6-7-11(13)8-12(14)9(2)3/h9-11,13H,5-8H2,1-4H3/t10-,11?/m0/s1. The molecule has 1 N–H and O–H groups in total. The van der Waals surface area contributed by atoms with E-state index < -0.39 is 6.10 Å². The average molecular weight is 200 g/mol. The molecule has 0 aliphatic carbocycles. The molecule has 0 spiro atoms. The molecule has 0 amide bonds. The summed E-state index contributed by atoms with van der Waals surface area (Å²) in [4.78, 5) is 11.3. The third kappa shape index (κ3) is 6.14. The van der Waals surface area contributed by atoms with Crippen LogP contribution in [0.15, 0.2) is 0 Å². The van der Waals surface area contributed by atoms with Gasteiger partial charge in [-0.2, -0.15) is 0 Å². The molecule has 0 radical (unpaired) electrons. The number of hydrogen-bond acceptors (Lipinski definition) is 2. The van der Waals surface area contributed by atoms with Crippen molar-refractivity contribution in [2.24, 2.45) is 11.8 Å². The van der Waals surface area contributed by atoms with Gasteiger partial charge in [-0.3, -0.25) is 4.79 Å². The van der Waals surface area contributed by atoms with Crippen molar-refractivity contribution in [2.75, 3.05) is 0 Å². The van der Waals surface area contributed by atoms with Crippen LogP contribution in [0, 0.1) is 11.8 Å². The summed E-state index contributed by atoms with van der Waals surface area (Å²) < 4.78 is 0. The van der Waals surface area contributed by atoms with Crippen LogP contribution < -0.4 is 0 Å². The van der Waals surface area contributed by atoms with Gasteiger partial charge in [-0.25, -0.2) is 0 Å². The van der Waals surface area contributed by atoms with Gasteiger partial charge in [0.15, 0.2) is 0 Å².